The highest BCUT2D eigenvalue weighted by molar-refractivity contribution is 5.98. The van der Waals surface area contributed by atoms with Gasteiger partial charge >= 0.3 is 5.97 Å². The van der Waals surface area contributed by atoms with E-state index in [0.29, 0.717) is 11.1 Å². The smallest absolute Gasteiger partial charge is 0.355 e. The number of esters is 1. The van der Waals surface area contributed by atoms with Crippen molar-refractivity contribution in [3.63, 3.8) is 0 Å². The van der Waals surface area contributed by atoms with Gasteiger partial charge in [-0.25, -0.2) is 9.18 Å². The van der Waals surface area contributed by atoms with Crippen LogP contribution in [0.25, 0.3) is 6.08 Å². The summed E-state index contributed by atoms with van der Waals surface area (Å²) in [5.74, 6) is -2.15. The van der Waals surface area contributed by atoms with Crippen LogP contribution in [0.15, 0.2) is 60.3 Å². The third kappa shape index (κ3) is 6.68. The normalized spacial score (nSPS) is 12.0. The van der Waals surface area contributed by atoms with E-state index in [1.54, 1.807) is 36.4 Å². The number of rotatable bonds is 7. The van der Waals surface area contributed by atoms with Gasteiger partial charge in [0.25, 0.3) is 5.91 Å². The second kappa shape index (κ2) is 10.0. The van der Waals surface area contributed by atoms with E-state index in [0.717, 1.165) is 0 Å². The number of amides is 2. The molecule has 0 fully saturated rings. The molecule has 0 spiro atoms. The molecule has 0 aliphatic rings. The van der Waals surface area contributed by atoms with Gasteiger partial charge in [-0.1, -0.05) is 42.5 Å². The Hall–Kier alpha value is -3.48. The molecule has 0 unspecified atom stereocenters. The summed E-state index contributed by atoms with van der Waals surface area (Å²) in [5, 5.41) is 5.02. The standard InChI is InChI=1S/C21H21FN2O4/c1-14(20(26)23-13-17-8-10-18(22)11-9-17)28-21(27)19(24-15(2)25)12-16-6-4-3-5-7-16/h3-12,14H,13H2,1-2H3,(H,23,26)(H,24,25)/b19-12-/t14-/m0/s1. The Labute approximate surface area is 162 Å². The molecule has 7 heteroatoms. The molecule has 0 saturated heterocycles. The van der Waals surface area contributed by atoms with Gasteiger partial charge in [0.1, 0.15) is 11.5 Å². The second-order valence-corrected chi connectivity index (χ2v) is 6.04. The third-order valence-corrected chi connectivity index (χ3v) is 3.67. The summed E-state index contributed by atoms with van der Waals surface area (Å²) in [6, 6.07) is 14.6. The Morgan fingerprint density at radius 3 is 2.32 bits per heavy atom. The molecule has 0 aliphatic carbocycles. The Balaban J connectivity index is 1.98. The molecule has 6 nitrogen and oxygen atoms in total. The van der Waals surface area contributed by atoms with Crippen LogP contribution in [0.5, 0.6) is 0 Å². The highest BCUT2D eigenvalue weighted by Gasteiger charge is 2.21. The minimum Gasteiger partial charge on any atom is -0.448 e. The molecule has 2 aromatic rings. The number of benzene rings is 2. The number of hydrogen-bond acceptors (Lipinski definition) is 4. The van der Waals surface area contributed by atoms with Crippen molar-refractivity contribution >= 4 is 23.9 Å². The first-order valence-corrected chi connectivity index (χ1v) is 8.62. The van der Waals surface area contributed by atoms with Gasteiger partial charge in [-0.05, 0) is 36.3 Å². The second-order valence-electron chi connectivity index (χ2n) is 6.04. The van der Waals surface area contributed by atoms with Crippen LogP contribution in [0.3, 0.4) is 0 Å². The fourth-order valence-electron chi connectivity index (χ4n) is 2.26. The van der Waals surface area contributed by atoms with Crippen molar-refractivity contribution in [2.24, 2.45) is 0 Å². The quantitative estimate of drug-likeness (QED) is 0.568. The zero-order valence-corrected chi connectivity index (χ0v) is 15.6. The van der Waals surface area contributed by atoms with Gasteiger partial charge in [0.2, 0.25) is 5.91 Å². The molecule has 0 bridgehead atoms. The molecule has 1 atom stereocenters. The lowest BCUT2D eigenvalue weighted by atomic mass is 10.2. The summed E-state index contributed by atoms with van der Waals surface area (Å²) in [7, 11) is 0. The van der Waals surface area contributed by atoms with Gasteiger partial charge in [0.05, 0.1) is 0 Å². The van der Waals surface area contributed by atoms with Crippen LogP contribution >= 0.6 is 0 Å². The molecule has 0 saturated carbocycles. The lowest BCUT2D eigenvalue weighted by Crippen LogP contribution is -2.37. The minimum atomic E-state index is -1.08. The van der Waals surface area contributed by atoms with Gasteiger partial charge in [-0.2, -0.15) is 0 Å². The third-order valence-electron chi connectivity index (χ3n) is 3.67. The summed E-state index contributed by atoms with van der Waals surface area (Å²) in [6.07, 6.45) is 0.383. The molecule has 2 aromatic carbocycles. The van der Waals surface area contributed by atoms with Crippen molar-refractivity contribution in [2.75, 3.05) is 0 Å². The summed E-state index contributed by atoms with van der Waals surface area (Å²) >= 11 is 0. The zero-order chi connectivity index (χ0) is 20.5. The van der Waals surface area contributed by atoms with E-state index in [2.05, 4.69) is 10.6 Å². The number of ether oxygens (including phenoxy) is 1. The average molecular weight is 384 g/mol. The van der Waals surface area contributed by atoms with E-state index in [-0.39, 0.29) is 18.1 Å². The fourth-order valence-corrected chi connectivity index (χ4v) is 2.26. The molecular weight excluding hydrogens is 363 g/mol. The molecule has 2 N–H and O–H groups in total. The van der Waals surface area contributed by atoms with Crippen LogP contribution in [0.2, 0.25) is 0 Å². The van der Waals surface area contributed by atoms with E-state index in [9.17, 15) is 18.8 Å². The highest BCUT2D eigenvalue weighted by Crippen LogP contribution is 2.08. The Morgan fingerprint density at radius 2 is 1.71 bits per heavy atom. The fraction of sp³-hybridized carbons (Fsp3) is 0.190. The highest BCUT2D eigenvalue weighted by atomic mass is 19.1. The van der Waals surface area contributed by atoms with Gasteiger partial charge in [0, 0.05) is 13.5 Å². The maximum Gasteiger partial charge on any atom is 0.355 e. The maximum absolute atomic E-state index is 12.9. The predicted octanol–water partition coefficient (Wildman–Crippen LogP) is 2.55. The van der Waals surface area contributed by atoms with E-state index in [4.69, 9.17) is 4.74 Å². The van der Waals surface area contributed by atoms with E-state index in [1.165, 1.54) is 32.1 Å². The van der Waals surface area contributed by atoms with Crippen molar-refractivity contribution in [1.82, 2.24) is 10.6 Å². The van der Waals surface area contributed by atoms with Crippen molar-refractivity contribution in [1.29, 1.82) is 0 Å². The maximum atomic E-state index is 12.9. The Morgan fingerprint density at radius 1 is 1.07 bits per heavy atom. The zero-order valence-electron chi connectivity index (χ0n) is 15.6. The number of carbonyl (C=O) groups is 3. The molecule has 0 radical (unpaired) electrons. The summed E-state index contributed by atoms with van der Waals surface area (Å²) in [6.45, 7) is 2.86. The Kier molecular flexibility index (Phi) is 7.45. The molecule has 0 aliphatic heterocycles. The largest absolute Gasteiger partial charge is 0.448 e. The minimum absolute atomic E-state index is 0.0723. The van der Waals surface area contributed by atoms with Crippen LogP contribution in [0.4, 0.5) is 4.39 Å². The number of hydrogen-bond donors (Lipinski definition) is 2. The van der Waals surface area contributed by atoms with Crippen LogP contribution in [-0.4, -0.2) is 23.9 Å². The van der Waals surface area contributed by atoms with Crippen molar-refractivity contribution < 1.29 is 23.5 Å². The number of carbonyl (C=O) groups excluding carboxylic acids is 3. The van der Waals surface area contributed by atoms with Crippen LogP contribution in [0, 0.1) is 5.82 Å². The van der Waals surface area contributed by atoms with Gasteiger partial charge in [-0.3, -0.25) is 9.59 Å². The van der Waals surface area contributed by atoms with Gasteiger partial charge in [-0.15, -0.1) is 0 Å². The van der Waals surface area contributed by atoms with Crippen LogP contribution < -0.4 is 10.6 Å². The first-order chi connectivity index (χ1) is 13.3. The SMILES string of the molecule is CC(=O)N/C(=C\c1ccccc1)C(=O)O[C@@H](C)C(=O)NCc1ccc(F)cc1. The molecule has 146 valence electrons. The van der Waals surface area contributed by atoms with Gasteiger partial charge < -0.3 is 15.4 Å². The van der Waals surface area contributed by atoms with Crippen molar-refractivity contribution in [3.8, 4) is 0 Å². The van der Waals surface area contributed by atoms with E-state index < -0.39 is 23.9 Å². The van der Waals surface area contributed by atoms with Gasteiger partial charge in [0.15, 0.2) is 6.10 Å². The average Bonchev–Trinajstić information content (AvgIpc) is 2.67. The molecule has 2 rings (SSSR count). The molecule has 28 heavy (non-hydrogen) atoms. The summed E-state index contributed by atoms with van der Waals surface area (Å²) in [5.41, 5.74) is 1.32. The first kappa shape index (κ1) is 20.8. The molecule has 2 amide bonds. The molecule has 0 aromatic heterocycles. The van der Waals surface area contributed by atoms with E-state index in [1.807, 2.05) is 6.07 Å². The molecular formula is C21H21FN2O4. The lowest BCUT2D eigenvalue weighted by Gasteiger charge is -2.15. The van der Waals surface area contributed by atoms with Crippen molar-refractivity contribution in [3.05, 3.63) is 77.2 Å². The summed E-state index contributed by atoms with van der Waals surface area (Å²) < 4.78 is 18.1. The Bertz CT molecular complexity index is 864. The summed E-state index contributed by atoms with van der Waals surface area (Å²) in [4.78, 5) is 35.9. The topological polar surface area (TPSA) is 84.5 Å². The first-order valence-electron chi connectivity index (χ1n) is 8.62. The number of halogens is 1. The van der Waals surface area contributed by atoms with Crippen LogP contribution in [0.1, 0.15) is 25.0 Å². The van der Waals surface area contributed by atoms with Crippen molar-refractivity contribution in [2.45, 2.75) is 26.5 Å². The lowest BCUT2D eigenvalue weighted by molar-refractivity contribution is -0.151. The molecule has 0 heterocycles. The van der Waals surface area contributed by atoms with Crippen LogP contribution in [-0.2, 0) is 25.7 Å². The number of nitrogens with one attached hydrogen (secondary N) is 2. The predicted molar refractivity (Wildman–Crippen MR) is 102 cm³/mol. The van der Waals surface area contributed by atoms with E-state index >= 15 is 0 Å². The monoisotopic (exact) mass is 384 g/mol.